The van der Waals surface area contributed by atoms with Gasteiger partial charge in [0.05, 0.1) is 7.11 Å². The van der Waals surface area contributed by atoms with Gasteiger partial charge >= 0.3 is 0 Å². The van der Waals surface area contributed by atoms with Crippen molar-refractivity contribution in [1.82, 2.24) is 9.78 Å². The number of hydrogen-bond donors (Lipinski definition) is 0. The Hall–Kier alpha value is -0.840. The SMILES string of the molecule is COc1c(C(F)F)nn(C)c1Cl. The molecule has 0 saturated heterocycles. The first-order chi connectivity index (χ1) is 5.57. The summed E-state index contributed by atoms with van der Waals surface area (Å²) in [4.78, 5) is 0. The molecule has 0 atom stereocenters. The highest BCUT2D eigenvalue weighted by Gasteiger charge is 2.22. The molecule has 12 heavy (non-hydrogen) atoms. The van der Waals surface area contributed by atoms with Crippen LogP contribution in [0.4, 0.5) is 8.78 Å². The minimum atomic E-state index is -2.67. The normalized spacial score (nSPS) is 10.8. The fourth-order valence-electron chi connectivity index (χ4n) is 0.835. The van der Waals surface area contributed by atoms with Crippen LogP contribution in [0.3, 0.4) is 0 Å². The highest BCUT2D eigenvalue weighted by Crippen LogP contribution is 2.33. The van der Waals surface area contributed by atoms with Crippen molar-refractivity contribution in [2.24, 2.45) is 7.05 Å². The van der Waals surface area contributed by atoms with Gasteiger partial charge in [0, 0.05) is 7.05 Å². The van der Waals surface area contributed by atoms with Crippen LogP contribution in [0.25, 0.3) is 0 Å². The number of aryl methyl sites for hydroxylation is 1. The van der Waals surface area contributed by atoms with Gasteiger partial charge < -0.3 is 4.74 Å². The average molecular weight is 197 g/mol. The lowest BCUT2D eigenvalue weighted by Gasteiger charge is -1.98. The van der Waals surface area contributed by atoms with Crippen molar-refractivity contribution in [1.29, 1.82) is 0 Å². The van der Waals surface area contributed by atoms with E-state index in [0.717, 1.165) is 4.68 Å². The second kappa shape index (κ2) is 3.26. The van der Waals surface area contributed by atoms with Gasteiger partial charge in [-0.05, 0) is 0 Å². The maximum absolute atomic E-state index is 12.2. The summed E-state index contributed by atoms with van der Waals surface area (Å²) in [5.74, 6) is -0.0610. The first kappa shape index (κ1) is 9.25. The van der Waals surface area contributed by atoms with Gasteiger partial charge in [0.2, 0.25) is 0 Å². The molecule has 68 valence electrons. The summed E-state index contributed by atoms with van der Waals surface area (Å²) >= 11 is 5.60. The smallest absolute Gasteiger partial charge is 0.285 e. The van der Waals surface area contributed by atoms with Crippen LogP contribution in [0.5, 0.6) is 5.75 Å². The number of halogens is 3. The molecule has 1 aromatic rings. The Labute approximate surface area is 72.9 Å². The molecule has 0 aliphatic carbocycles. The van der Waals surface area contributed by atoms with E-state index in [-0.39, 0.29) is 10.9 Å². The summed E-state index contributed by atoms with van der Waals surface area (Å²) in [6.07, 6.45) is -2.67. The van der Waals surface area contributed by atoms with E-state index in [2.05, 4.69) is 9.84 Å². The summed E-state index contributed by atoms with van der Waals surface area (Å²) in [5.41, 5.74) is -0.426. The topological polar surface area (TPSA) is 27.1 Å². The van der Waals surface area contributed by atoms with Crippen molar-refractivity contribution >= 4 is 11.6 Å². The predicted molar refractivity (Wildman–Crippen MR) is 39.7 cm³/mol. The van der Waals surface area contributed by atoms with Crippen molar-refractivity contribution in [3.63, 3.8) is 0 Å². The number of rotatable bonds is 2. The second-order valence-electron chi connectivity index (χ2n) is 2.13. The molecule has 0 spiro atoms. The third-order valence-corrected chi connectivity index (χ3v) is 1.79. The molecular weight excluding hydrogens is 190 g/mol. The van der Waals surface area contributed by atoms with E-state index in [4.69, 9.17) is 11.6 Å². The van der Waals surface area contributed by atoms with E-state index in [1.54, 1.807) is 0 Å². The molecule has 1 rings (SSSR count). The monoisotopic (exact) mass is 196 g/mol. The molecule has 0 amide bonds. The zero-order valence-corrected chi connectivity index (χ0v) is 7.27. The number of aromatic nitrogens is 2. The minimum Gasteiger partial charge on any atom is -0.491 e. The quantitative estimate of drug-likeness (QED) is 0.724. The van der Waals surface area contributed by atoms with Crippen molar-refractivity contribution in [3.05, 3.63) is 10.8 Å². The molecule has 0 bridgehead atoms. The van der Waals surface area contributed by atoms with Crippen LogP contribution in [0.2, 0.25) is 5.15 Å². The zero-order valence-electron chi connectivity index (χ0n) is 6.51. The van der Waals surface area contributed by atoms with Crippen molar-refractivity contribution in [3.8, 4) is 5.75 Å². The third kappa shape index (κ3) is 1.36. The lowest BCUT2D eigenvalue weighted by atomic mass is 10.4. The van der Waals surface area contributed by atoms with Crippen molar-refractivity contribution < 1.29 is 13.5 Å². The van der Waals surface area contributed by atoms with Crippen LogP contribution in [-0.2, 0) is 7.05 Å². The van der Waals surface area contributed by atoms with Crippen molar-refractivity contribution in [2.45, 2.75) is 6.43 Å². The fourth-order valence-corrected chi connectivity index (χ4v) is 1.05. The molecule has 0 radical (unpaired) electrons. The zero-order chi connectivity index (χ0) is 9.30. The summed E-state index contributed by atoms with van der Waals surface area (Å²) < 4.78 is 30.2. The van der Waals surface area contributed by atoms with Gasteiger partial charge in [0.1, 0.15) is 0 Å². The number of hydrogen-bond acceptors (Lipinski definition) is 2. The summed E-state index contributed by atoms with van der Waals surface area (Å²) in [6.45, 7) is 0. The molecule has 6 heteroatoms. The number of alkyl halides is 2. The fraction of sp³-hybridized carbons (Fsp3) is 0.500. The number of ether oxygens (including phenoxy) is 1. The van der Waals surface area contributed by atoms with Gasteiger partial charge in [-0.15, -0.1) is 0 Å². The number of methoxy groups -OCH3 is 1. The average Bonchev–Trinajstić information content (AvgIpc) is 2.29. The molecule has 0 aromatic carbocycles. The Morgan fingerprint density at radius 1 is 1.58 bits per heavy atom. The lowest BCUT2D eigenvalue weighted by molar-refractivity contribution is 0.141. The Morgan fingerprint density at radius 3 is 2.50 bits per heavy atom. The largest absolute Gasteiger partial charge is 0.491 e. The van der Waals surface area contributed by atoms with E-state index < -0.39 is 12.1 Å². The third-order valence-electron chi connectivity index (χ3n) is 1.37. The molecule has 1 aromatic heterocycles. The Balaban J connectivity index is 3.20. The van der Waals surface area contributed by atoms with Gasteiger partial charge in [-0.1, -0.05) is 11.6 Å². The Morgan fingerprint density at radius 2 is 2.17 bits per heavy atom. The Bertz CT molecular complexity index is 287. The molecule has 0 aliphatic rings. The molecule has 0 saturated carbocycles. The van der Waals surface area contributed by atoms with E-state index in [0.29, 0.717) is 0 Å². The van der Waals surface area contributed by atoms with Crippen LogP contribution in [-0.4, -0.2) is 16.9 Å². The highest BCUT2D eigenvalue weighted by molar-refractivity contribution is 6.31. The first-order valence-electron chi connectivity index (χ1n) is 3.12. The van der Waals surface area contributed by atoms with Crippen LogP contribution in [0, 0.1) is 0 Å². The maximum atomic E-state index is 12.2. The molecule has 0 fully saturated rings. The van der Waals surface area contributed by atoms with Gasteiger partial charge in [0.15, 0.2) is 16.6 Å². The van der Waals surface area contributed by atoms with Gasteiger partial charge in [0.25, 0.3) is 6.43 Å². The molecule has 1 heterocycles. The molecular formula is C6H7ClF2N2O. The van der Waals surface area contributed by atoms with Crippen LogP contribution >= 0.6 is 11.6 Å². The second-order valence-corrected chi connectivity index (χ2v) is 2.49. The number of nitrogens with zero attached hydrogens (tertiary/aromatic N) is 2. The van der Waals surface area contributed by atoms with Crippen LogP contribution in [0.1, 0.15) is 12.1 Å². The van der Waals surface area contributed by atoms with Crippen LogP contribution in [0.15, 0.2) is 0 Å². The first-order valence-corrected chi connectivity index (χ1v) is 3.50. The maximum Gasteiger partial charge on any atom is 0.285 e. The summed E-state index contributed by atoms with van der Waals surface area (Å²) in [5, 5.41) is 3.57. The van der Waals surface area contributed by atoms with Gasteiger partial charge in [-0.25, -0.2) is 8.78 Å². The summed E-state index contributed by atoms with van der Waals surface area (Å²) in [6, 6.07) is 0. The van der Waals surface area contributed by atoms with Gasteiger partial charge in [-0.2, -0.15) is 5.10 Å². The predicted octanol–water partition coefficient (Wildman–Crippen LogP) is 2.02. The summed E-state index contributed by atoms with van der Waals surface area (Å²) in [7, 11) is 2.74. The Kier molecular flexibility index (Phi) is 2.52. The van der Waals surface area contributed by atoms with Gasteiger partial charge in [-0.3, -0.25) is 4.68 Å². The molecule has 0 unspecified atom stereocenters. The molecule has 0 aliphatic heterocycles. The van der Waals surface area contributed by atoms with E-state index in [9.17, 15) is 8.78 Å². The lowest BCUT2D eigenvalue weighted by Crippen LogP contribution is -1.92. The highest BCUT2D eigenvalue weighted by atomic mass is 35.5. The standard InChI is InChI=1S/C6H7ClF2N2O/c1-11-5(7)4(12-2)3(10-11)6(8)9/h6H,1-2H3. The molecule has 3 nitrogen and oxygen atoms in total. The minimum absolute atomic E-state index is 0.0610. The van der Waals surface area contributed by atoms with Crippen LogP contribution < -0.4 is 4.74 Å². The van der Waals surface area contributed by atoms with E-state index in [1.807, 2.05) is 0 Å². The van der Waals surface area contributed by atoms with E-state index >= 15 is 0 Å². The van der Waals surface area contributed by atoms with E-state index in [1.165, 1.54) is 14.2 Å². The van der Waals surface area contributed by atoms with Crippen molar-refractivity contribution in [2.75, 3.05) is 7.11 Å². The molecule has 0 N–H and O–H groups in total.